The van der Waals surface area contributed by atoms with Gasteiger partial charge >= 0.3 is 0 Å². The molecule has 1 aliphatic rings. The Hall–Kier alpha value is -2.14. The maximum atomic E-state index is 5.43. The summed E-state index contributed by atoms with van der Waals surface area (Å²) in [4.78, 5) is 10.9. The highest BCUT2D eigenvalue weighted by atomic mass is 16.5. The summed E-state index contributed by atoms with van der Waals surface area (Å²) in [5, 5.41) is 3.52. The monoisotopic (exact) mass is 326 g/mol. The fourth-order valence-corrected chi connectivity index (χ4v) is 3.12. The average molecular weight is 326 g/mol. The zero-order valence-electron chi connectivity index (χ0n) is 14.5. The summed E-state index contributed by atoms with van der Waals surface area (Å²) in [6.07, 6.45) is 3.81. The van der Waals surface area contributed by atoms with Crippen LogP contribution in [0.2, 0.25) is 0 Å². The molecule has 5 nitrogen and oxygen atoms in total. The first-order valence-corrected chi connectivity index (χ1v) is 8.73. The average Bonchev–Trinajstić information content (AvgIpc) is 2.59. The molecule has 0 unspecified atom stereocenters. The van der Waals surface area contributed by atoms with E-state index in [0.29, 0.717) is 18.5 Å². The molecular weight excluding hydrogens is 300 g/mol. The molecule has 1 N–H and O–H groups in total. The Labute approximate surface area is 144 Å². The molecule has 1 fully saturated rings. The molecule has 0 saturated carbocycles. The molecule has 1 aromatic heterocycles. The standard InChI is InChI=1S/C19H26N4O/c1-3-24-19-12-18(20-14-21-19)22-17-8-10-23(11-9-17)13-16-7-5-4-6-15(16)2/h4-7,12,14,17H,3,8-11,13H2,1-2H3,(H,20,21,22). The molecule has 5 heteroatoms. The van der Waals surface area contributed by atoms with Crippen LogP contribution in [0.4, 0.5) is 5.82 Å². The van der Waals surface area contributed by atoms with Crippen LogP contribution in [0.1, 0.15) is 30.9 Å². The largest absolute Gasteiger partial charge is 0.478 e. The second-order valence-electron chi connectivity index (χ2n) is 6.30. The van der Waals surface area contributed by atoms with E-state index in [9.17, 15) is 0 Å². The summed E-state index contributed by atoms with van der Waals surface area (Å²) in [6, 6.07) is 11.0. The van der Waals surface area contributed by atoms with Crippen molar-refractivity contribution in [3.05, 3.63) is 47.8 Å². The first kappa shape index (κ1) is 16.7. The van der Waals surface area contributed by atoms with Crippen LogP contribution in [0.3, 0.4) is 0 Å². The summed E-state index contributed by atoms with van der Waals surface area (Å²) < 4.78 is 5.43. The van der Waals surface area contributed by atoms with E-state index in [1.165, 1.54) is 11.1 Å². The number of nitrogens with one attached hydrogen (secondary N) is 1. The van der Waals surface area contributed by atoms with E-state index in [1.807, 2.05) is 13.0 Å². The second kappa shape index (κ2) is 8.11. The molecule has 0 aliphatic carbocycles. The van der Waals surface area contributed by atoms with E-state index in [0.717, 1.165) is 38.3 Å². The van der Waals surface area contributed by atoms with Crippen molar-refractivity contribution in [1.29, 1.82) is 0 Å². The van der Waals surface area contributed by atoms with Crippen LogP contribution in [0.5, 0.6) is 5.88 Å². The van der Waals surface area contributed by atoms with Gasteiger partial charge in [0.05, 0.1) is 6.61 Å². The van der Waals surface area contributed by atoms with Crippen molar-refractivity contribution in [1.82, 2.24) is 14.9 Å². The Morgan fingerprint density at radius 2 is 2.00 bits per heavy atom. The summed E-state index contributed by atoms with van der Waals surface area (Å²) >= 11 is 0. The van der Waals surface area contributed by atoms with Gasteiger partial charge in [-0.25, -0.2) is 9.97 Å². The number of aryl methyl sites for hydroxylation is 1. The minimum absolute atomic E-state index is 0.461. The predicted octanol–water partition coefficient (Wildman–Crippen LogP) is 3.26. The summed E-state index contributed by atoms with van der Waals surface area (Å²) in [5.41, 5.74) is 2.81. The third-order valence-electron chi connectivity index (χ3n) is 4.53. The highest BCUT2D eigenvalue weighted by Crippen LogP contribution is 2.19. The maximum Gasteiger partial charge on any atom is 0.218 e. The van der Waals surface area contributed by atoms with Crippen molar-refractivity contribution in [2.75, 3.05) is 25.0 Å². The zero-order valence-corrected chi connectivity index (χ0v) is 14.5. The van der Waals surface area contributed by atoms with Crippen LogP contribution in [-0.4, -0.2) is 40.6 Å². The quantitative estimate of drug-likeness (QED) is 0.883. The number of hydrogen-bond acceptors (Lipinski definition) is 5. The van der Waals surface area contributed by atoms with Crippen molar-refractivity contribution in [2.45, 2.75) is 39.3 Å². The molecule has 1 aromatic carbocycles. The lowest BCUT2D eigenvalue weighted by Gasteiger charge is -2.32. The molecule has 2 aromatic rings. The molecule has 24 heavy (non-hydrogen) atoms. The highest BCUT2D eigenvalue weighted by molar-refractivity contribution is 5.38. The van der Waals surface area contributed by atoms with Crippen molar-refractivity contribution < 1.29 is 4.74 Å². The number of nitrogens with zero attached hydrogens (tertiary/aromatic N) is 3. The summed E-state index contributed by atoms with van der Waals surface area (Å²) in [5.74, 6) is 1.48. The topological polar surface area (TPSA) is 50.3 Å². The predicted molar refractivity (Wildman–Crippen MR) is 96.3 cm³/mol. The lowest BCUT2D eigenvalue weighted by Crippen LogP contribution is -2.38. The maximum absolute atomic E-state index is 5.43. The van der Waals surface area contributed by atoms with Crippen LogP contribution in [0, 0.1) is 6.92 Å². The molecule has 128 valence electrons. The fourth-order valence-electron chi connectivity index (χ4n) is 3.12. The van der Waals surface area contributed by atoms with Gasteiger partial charge in [-0.2, -0.15) is 0 Å². The zero-order chi connectivity index (χ0) is 16.8. The Balaban J connectivity index is 1.50. The Bertz CT molecular complexity index is 653. The molecule has 0 spiro atoms. The molecule has 0 radical (unpaired) electrons. The second-order valence-corrected chi connectivity index (χ2v) is 6.30. The molecular formula is C19H26N4O. The Morgan fingerprint density at radius 3 is 2.75 bits per heavy atom. The van der Waals surface area contributed by atoms with Crippen LogP contribution in [-0.2, 0) is 6.54 Å². The number of benzene rings is 1. The molecule has 3 rings (SSSR count). The van der Waals surface area contributed by atoms with Gasteiger partial charge in [0.2, 0.25) is 5.88 Å². The molecule has 0 amide bonds. The number of ether oxygens (including phenoxy) is 1. The van der Waals surface area contributed by atoms with Gasteiger partial charge < -0.3 is 10.1 Å². The van der Waals surface area contributed by atoms with E-state index < -0.39 is 0 Å². The van der Waals surface area contributed by atoms with Crippen molar-refractivity contribution >= 4 is 5.82 Å². The Kier molecular flexibility index (Phi) is 5.64. The van der Waals surface area contributed by atoms with Crippen molar-refractivity contribution in [3.63, 3.8) is 0 Å². The highest BCUT2D eigenvalue weighted by Gasteiger charge is 2.20. The van der Waals surface area contributed by atoms with Gasteiger partial charge in [0.1, 0.15) is 12.1 Å². The minimum Gasteiger partial charge on any atom is -0.478 e. The Morgan fingerprint density at radius 1 is 1.21 bits per heavy atom. The lowest BCUT2D eigenvalue weighted by atomic mass is 10.0. The number of anilines is 1. The first-order valence-electron chi connectivity index (χ1n) is 8.73. The smallest absolute Gasteiger partial charge is 0.218 e. The number of rotatable bonds is 6. The van der Waals surface area contributed by atoms with Crippen LogP contribution < -0.4 is 10.1 Å². The summed E-state index contributed by atoms with van der Waals surface area (Å²) in [6.45, 7) is 8.02. The summed E-state index contributed by atoms with van der Waals surface area (Å²) in [7, 11) is 0. The molecule has 1 aliphatic heterocycles. The van der Waals surface area contributed by atoms with E-state index in [2.05, 4.69) is 51.4 Å². The SMILES string of the molecule is CCOc1cc(NC2CCN(Cc3ccccc3C)CC2)ncn1. The molecule has 1 saturated heterocycles. The number of likely N-dealkylation sites (tertiary alicyclic amines) is 1. The van der Waals surface area contributed by atoms with Crippen LogP contribution >= 0.6 is 0 Å². The van der Waals surface area contributed by atoms with Crippen molar-refractivity contribution in [3.8, 4) is 5.88 Å². The van der Waals surface area contributed by atoms with Gasteiger partial charge in [0, 0.05) is 31.7 Å². The van der Waals surface area contributed by atoms with E-state index in [4.69, 9.17) is 4.74 Å². The fraction of sp³-hybridized carbons (Fsp3) is 0.474. The van der Waals surface area contributed by atoms with Crippen LogP contribution in [0.25, 0.3) is 0 Å². The third kappa shape index (κ3) is 4.45. The van der Waals surface area contributed by atoms with Crippen LogP contribution in [0.15, 0.2) is 36.7 Å². The van der Waals surface area contributed by atoms with Gasteiger partial charge in [-0.3, -0.25) is 4.90 Å². The van der Waals surface area contributed by atoms with E-state index in [-0.39, 0.29) is 0 Å². The molecule has 0 bridgehead atoms. The third-order valence-corrected chi connectivity index (χ3v) is 4.53. The van der Waals surface area contributed by atoms with Gasteiger partial charge in [-0.15, -0.1) is 0 Å². The number of hydrogen-bond donors (Lipinski definition) is 1. The molecule has 0 atom stereocenters. The lowest BCUT2D eigenvalue weighted by molar-refractivity contribution is 0.211. The van der Waals surface area contributed by atoms with Gasteiger partial charge in [-0.1, -0.05) is 24.3 Å². The van der Waals surface area contributed by atoms with Crippen molar-refractivity contribution in [2.24, 2.45) is 0 Å². The molecule has 2 heterocycles. The van der Waals surface area contributed by atoms with E-state index >= 15 is 0 Å². The number of aromatic nitrogens is 2. The number of piperidine rings is 1. The first-order chi connectivity index (χ1) is 11.7. The minimum atomic E-state index is 0.461. The van der Waals surface area contributed by atoms with Gasteiger partial charge in [-0.05, 0) is 37.8 Å². The normalized spacial score (nSPS) is 16.1. The van der Waals surface area contributed by atoms with Gasteiger partial charge in [0.25, 0.3) is 0 Å². The van der Waals surface area contributed by atoms with Gasteiger partial charge in [0.15, 0.2) is 0 Å². The van der Waals surface area contributed by atoms with E-state index in [1.54, 1.807) is 6.33 Å².